The Kier molecular flexibility index (Phi) is 5.53. The minimum Gasteiger partial charge on any atom is -0.375 e. The zero-order valence-electron chi connectivity index (χ0n) is 17.9. The number of benzene rings is 2. The van der Waals surface area contributed by atoms with E-state index in [2.05, 4.69) is 76.8 Å². The zero-order chi connectivity index (χ0) is 20.6. The topological polar surface area (TPSA) is 55.6 Å². The molecule has 0 aliphatic carbocycles. The number of carbonyl (C=O) groups is 1. The summed E-state index contributed by atoms with van der Waals surface area (Å²) in [5, 5.41) is 0. The Balaban J connectivity index is 2.10. The first-order valence-electron chi connectivity index (χ1n) is 9.95. The summed E-state index contributed by atoms with van der Waals surface area (Å²) < 4.78 is 5.82. The molecule has 1 atom stereocenters. The molecule has 4 nitrogen and oxygen atoms in total. The van der Waals surface area contributed by atoms with Crippen molar-refractivity contribution in [3.8, 4) is 0 Å². The Hall–Kier alpha value is -2.33. The standard InChI is InChI=1S/C24H32N2O2/c1-15-7-8-20-18(11-15)14-28-10-9-26(20)19-12-16(2)21(17(3)13-19)22(23(25)27)24(4,5)6/h7-8,11-13,22H,9-10,14H2,1-6H3,(H2,25,27). The van der Waals surface area contributed by atoms with E-state index in [9.17, 15) is 4.79 Å². The first-order valence-corrected chi connectivity index (χ1v) is 9.95. The molecule has 0 bridgehead atoms. The molecule has 1 unspecified atom stereocenters. The number of ether oxygens (including phenoxy) is 1. The van der Waals surface area contributed by atoms with Gasteiger partial charge in [0.25, 0.3) is 0 Å². The first-order chi connectivity index (χ1) is 13.1. The van der Waals surface area contributed by atoms with Crippen LogP contribution >= 0.6 is 0 Å². The van der Waals surface area contributed by atoms with Gasteiger partial charge in [0, 0.05) is 23.5 Å². The Labute approximate surface area is 168 Å². The number of nitrogens with zero attached hydrogens (tertiary/aromatic N) is 1. The molecule has 0 aromatic heterocycles. The highest BCUT2D eigenvalue weighted by atomic mass is 16.5. The third kappa shape index (κ3) is 3.93. The number of hydrogen-bond donors (Lipinski definition) is 1. The number of anilines is 2. The lowest BCUT2D eigenvalue weighted by Gasteiger charge is -2.32. The number of nitrogens with two attached hydrogens (primary N) is 1. The van der Waals surface area contributed by atoms with Gasteiger partial charge in [0.1, 0.15) is 0 Å². The van der Waals surface area contributed by atoms with Crippen molar-refractivity contribution in [2.24, 2.45) is 11.1 Å². The van der Waals surface area contributed by atoms with Crippen molar-refractivity contribution in [2.45, 2.75) is 54.1 Å². The first kappa shape index (κ1) is 20.4. The van der Waals surface area contributed by atoms with E-state index >= 15 is 0 Å². The summed E-state index contributed by atoms with van der Waals surface area (Å²) in [5.74, 6) is -0.584. The number of aryl methyl sites for hydroxylation is 3. The number of hydrogen-bond acceptors (Lipinski definition) is 3. The Bertz CT molecular complexity index is 873. The van der Waals surface area contributed by atoms with Crippen molar-refractivity contribution in [1.82, 2.24) is 0 Å². The van der Waals surface area contributed by atoms with Crippen LogP contribution in [0, 0.1) is 26.2 Å². The van der Waals surface area contributed by atoms with Crippen LogP contribution in [0.2, 0.25) is 0 Å². The fourth-order valence-electron chi connectivity index (χ4n) is 4.38. The average Bonchev–Trinajstić information content (AvgIpc) is 2.78. The number of primary amides is 1. The van der Waals surface area contributed by atoms with Gasteiger partial charge in [0.05, 0.1) is 19.1 Å². The summed E-state index contributed by atoms with van der Waals surface area (Å²) in [5.41, 5.74) is 13.6. The molecule has 0 radical (unpaired) electrons. The maximum atomic E-state index is 12.3. The molecule has 4 heteroatoms. The second-order valence-corrected chi connectivity index (χ2v) is 9.03. The molecule has 1 amide bonds. The SMILES string of the molecule is Cc1ccc2c(c1)COCCN2c1cc(C)c(C(C(N)=O)C(C)(C)C)c(C)c1. The molecule has 0 fully saturated rings. The second-order valence-electron chi connectivity index (χ2n) is 9.03. The molecule has 2 aromatic rings. The van der Waals surface area contributed by atoms with Gasteiger partial charge in [-0.2, -0.15) is 0 Å². The summed E-state index contributed by atoms with van der Waals surface area (Å²) in [4.78, 5) is 14.6. The molecular weight excluding hydrogens is 348 g/mol. The molecule has 150 valence electrons. The maximum absolute atomic E-state index is 12.3. The average molecular weight is 381 g/mol. The maximum Gasteiger partial charge on any atom is 0.225 e. The van der Waals surface area contributed by atoms with Crippen LogP contribution in [-0.2, 0) is 16.1 Å². The fourth-order valence-corrected chi connectivity index (χ4v) is 4.38. The third-order valence-electron chi connectivity index (χ3n) is 5.57. The van der Waals surface area contributed by atoms with E-state index in [0.29, 0.717) is 13.2 Å². The molecule has 0 saturated heterocycles. The van der Waals surface area contributed by atoms with E-state index in [1.54, 1.807) is 0 Å². The van der Waals surface area contributed by atoms with Crippen molar-refractivity contribution >= 4 is 17.3 Å². The van der Waals surface area contributed by atoms with E-state index in [1.165, 1.54) is 16.8 Å². The lowest BCUT2D eigenvalue weighted by Crippen LogP contribution is -2.33. The summed E-state index contributed by atoms with van der Waals surface area (Å²) in [6.45, 7) is 14.6. The van der Waals surface area contributed by atoms with E-state index in [0.717, 1.165) is 28.9 Å². The number of rotatable bonds is 3. The van der Waals surface area contributed by atoms with Crippen LogP contribution in [0.4, 0.5) is 11.4 Å². The van der Waals surface area contributed by atoms with Crippen LogP contribution in [0.5, 0.6) is 0 Å². The smallest absolute Gasteiger partial charge is 0.225 e. The normalized spacial score (nSPS) is 15.7. The van der Waals surface area contributed by atoms with Gasteiger partial charge in [-0.3, -0.25) is 4.79 Å². The summed E-state index contributed by atoms with van der Waals surface area (Å²) in [6, 6.07) is 10.9. The minimum absolute atomic E-state index is 0.233. The molecule has 1 heterocycles. The molecule has 3 rings (SSSR count). The number of fused-ring (bicyclic) bond motifs is 1. The van der Waals surface area contributed by atoms with E-state index in [-0.39, 0.29) is 17.2 Å². The quantitative estimate of drug-likeness (QED) is 0.824. The molecule has 1 aliphatic rings. The van der Waals surface area contributed by atoms with Crippen LogP contribution in [0.3, 0.4) is 0 Å². The largest absolute Gasteiger partial charge is 0.375 e. The molecular formula is C24H32N2O2. The highest BCUT2D eigenvalue weighted by Gasteiger charge is 2.33. The van der Waals surface area contributed by atoms with E-state index in [1.807, 2.05) is 0 Å². The van der Waals surface area contributed by atoms with Crippen molar-refractivity contribution < 1.29 is 9.53 Å². The van der Waals surface area contributed by atoms with Crippen molar-refractivity contribution in [1.29, 1.82) is 0 Å². The van der Waals surface area contributed by atoms with Gasteiger partial charge in [-0.15, -0.1) is 0 Å². The molecule has 0 spiro atoms. The highest BCUT2D eigenvalue weighted by Crippen LogP contribution is 2.41. The summed E-state index contributed by atoms with van der Waals surface area (Å²) in [6.07, 6.45) is 0. The third-order valence-corrected chi connectivity index (χ3v) is 5.57. The Morgan fingerprint density at radius 3 is 2.32 bits per heavy atom. The predicted octanol–water partition coefficient (Wildman–Crippen LogP) is 4.90. The molecule has 2 aromatic carbocycles. The Morgan fingerprint density at radius 2 is 1.75 bits per heavy atom. The Morgan fingerprint density at radius 1 is 1.11 bits per heavy atom. The van der Waals surface area contributed by atoms with E-state index < -0.39 is 0 Å². The van der Waals surface area contributed by atoms with Crippen LogP contribution in [0.15, 0.2) is 30.3 Å². The highest BCUT2D eigenvalue weighted by molar-refractivity contribution is 5.84. The van der Waals surface area contributed by atoms with Gasteiger partial charge in [-0.05, 0) is 61.1 Å². The van der Waals surface area contributed by atoms with Crippen LogP contribution in [0.25, 0.3) is 0 Å². The molecule has 28 heavy (non-hydrogen) atoms. The zero-order valence-corrected chi connectivity index (χ0v) is 17.9. The van der Waals surface area contributed by atoms with E-state index in [4.69, 9.17) is 10.5 Å². The van der Waals surface area contributed by atoms with Crippen molar-refractivity contribution in [3.05, 3.63) is 58.1 Å². The number of carbonyl (C=O) groups excluding carboxylic acids is 1. The lowest BCUT2D eigenvalue weighted by atomic mass is 9.73. The lowest BCUT2D eigenvalue weighted by molar-refractivity contribution is -0.121. The van der Waals surface area contributed by atoms with Gasteiger partial charge in [0.2, 0.25) is 5.91 Å². The van der Waals surface area contributed by atoms with Gasteiger partial charge in [-0.1, -0.05) is 38.5 Å². The summed E-state index contributed by atoms with van der Waals surface area (Å²) >= 11 is 0. The van der Waals surface area contributed by atoms with Gasteiger partial charge >= 0.3 is 0 Å². The van der Waals surface area contributed by atoms with Gasteiger partial charge in [0.15, 0.2) is 0 Å². The molecule has 0 saturated carbocycles. The van der Waals surface area contributed by atoms with Gasteiger partial charge < -0.3 is 15.4 Å². The molecule has 1 aliphatic heterocycles. The van der Waals surface area contributed by atoms with Crippen LogP contribution in [-0.4, -0.2) is 19.1 Å². The monoisotopic (exact) mass is 380 g/mol. The summed E-state index contributed by atoms with van der Waals surface area (Å²) in [7, 11) is 0. The van der Waals surface area contributed by atoms with Crippen LogP contribution < -0.4 is 10.6 Å². The van der Waals surface area contributed by atoms with Crippen molar-refractivity contribution in [2.75, 3.05) is 18.1 Å². The molecule has 2 N–H and O–H groups in total. The van der Waals surface area contributed by atoms with Crippen LogP contribution in [0.1, 0.15) is 54.5 Å². The number of amides is 1. The fraction of sp³-hybridized carbons (Fsp3) is 0.458. The second kappa shape index (κ2) is 7.59. The van der Waals surface area contributed by atoms with Gasteiger partial charge in [-0.25, -0.2) is 0 Å². The van der Waals surface area contributed by atoms with Crippen molar-refractivity contribution in [3.63, 3.8) is 0 Å². The predicted molar refractivity (Wildman–Crippen MR) is 115 cm³/mol. The minimum atomic E-state index is -0.316.